The lowest BCUT2D eigenvalue weighted by molar-refractivity contribution is 0.0523. The Balaban J connectivity index is 2.49. The van der Waals surface area contributed by atoms with E-state index in [9.17, 15) is 4.79 Å². The first-order valence-corrected chi connectivity index (χ1v) is 5.51. The maximum Gasteiger partial charge on any atom is 0.407 e. The molecule has 6 heteroatoms. The van der Waals surface area contributed by atoms with E-state index in [4.69, 9.17) is 10.3 Å². The third kappa shape index (κ3) is 5.23. The SMILES string of the molecule is CC(C)(C)OC(=O)NCc1ccc(N=[N+]=[N-])cc1. The molecule has 0 aliphatic heterocycles. The van der Waals surface area contributed by atoms with Crippen molar-refractivity contribution in [3.63, 3.8) is 0 Å². The van der Waals surface area contributed by atoms with Gasteiger partial charge in [0, 0.05) is 17.1 Å². The van der Waals surface area contributed by atoms with Crippen LogP contribution in [0.2, 0.25) is 0 Å². The third-order valence-corrected chi connectivity index (χ3v) is 1.93. The number of nitrogens with one attached hydrogen (secondary N) is 1. The first-order valence-electron chi connectivity index (χ1n) is 5.51. The third-order valence-electron chi connectivity index (χ3n) is 1.93. The van der Waals surface area contributed by atoms with Gasteiger partial charge in [0.05, 0.1) is 0 Å². The summed E-state index contributed by atoms with van der Waals surface area (Å²) in [6, 6.07) is 6.93. The molecule has 1 N–H and O–H groups in total. The van der Waals surface area contributed by atoms with E-state index in [0.717, 1.165) is 5.56 Å². The summed E-state index contributed by atoms with van der Waals surface area (Å²) in [5, 5.41) is 6.10. The summed E-state index contributed by atoms with van der Waals surface area (Å²) in [4.78, 5) is 14.1. The number of carbonyl (C=O) groups excluding carboxylic acids is 1. The van der Waals surface area contributed by atoms with Crippen LogP contribution in [0.15, 0.2) is 29.4 Å². The molecule has 18 heavy (non-hydrogen) atoms. The fourth-order valence-corrected chi connectivity index (χ4v) is 1.22. The van der Waals surface area contributed by atoms with Crippen molar-refractivity contribution in [2.45, 2.75) is 32.9 Å². The molecule has 0 atom stereocenters. The van der Waals surface area contributed by atoms with Gasteiger partial charge in [0.1, 0.15) is 5.60 Å². The summed E-state index contributed by atoms with van der Waals surface area (Å²) in [5.74, 6) is 0. The van der Waals surface area contributed by atoms with Crippen LogP contribution in [0, 0.1) is 0 Å². The van der Waals surface area contributed by atoms with Gasteiger partial charge < -0.3 is 10.1 Å². The largest absolute Gasteiger partial charge is 0.444 e. The molecule has 0 radical (unpaired) electrons. The van der Waals surface area contributed by atoms with Gasteiger partial charge in [0.15, 0.2) is 0 Å². The van der Waals surface area contributed by atoms with E-state index in [0.29, 0.717) is 12.2 Å². The van der Waals surface area contributed by atoms with Crippen LogP contribution in [-0.2, 0) is 11.3 Å². The average Bonchev–Trinajstić information content (AvgIpc) is 2.26. The topological polar surface area (TPSA) is 87.1 Å². The zero-order valence-corrected chi connectivity index (χ0v) is 10.7. The molecule has 1 rings (SSSR count). The molecule has 0 saturated carbocycles. The number of azide groups is 1. The molecular formula is C12H16N4O2. The van der Waals surface area contributed by atoms with E-state index < -0.39 is 11.7 Å². The maximum atomic E-state index is 11.4. The molecule has 0 fully saturated rings. The first kappa shape index (κ1) is 13.9. The minimum atomic E-state index is -0.505. The average molecular weight is 248 g/mol. The summed E-state index contributed by atoms with van der Waals surface area (Å²) in [7, 11) is 0. The summed E-state index contributed by atoms with van der Waals surface area (Å²) in [6.07, 6.45) is -0.457. The van der Waals surface area contributed by atoms with Crippen LogP contribution in [0.1, 0.15) is 26.3 Å². The monoisotopic (exact) mass is 248 g/mol. The second kappa shape index (κ2) is 5.93. The van der Waals surface area contributed by atoms with Crippen LogP contribution in [0.25, 0.3) is 10.4 Å². The molecule has 0 aromatic heterocycles. The van der Waals surface area contributed by atoms with Crippen molar-refractivity contribution in [1.29, 1.82) is 0 Å². The van der Waals surface area contributed by atoms with Crippen molar-refractivity contribution >= 4 is 11.8 Å². The minimum Gasteiger partial charge on any atom is -0.444 e. The summed E-state index contributed by atoms with van der Waals surface area (Å²) < 4.78 is 5.11. The molecule has 0 spiro atoms. The summed E-state index contributed by atoms with van der Waals surface area (Å²) in [5.41, 5.74) is 9.19. The van der Waals surface area contributed by atoms with Gasteiger partial charge in [-0.2, -0.15) is 0 Å². The van der Waals surface area contributed by atoms with Gasteiger partial charge in [-0.3, -0.25) is 0 Å². The van der Waals surface area contributed by atoms with E-state index in [1.54, 1.807) is 45.0 Å². The predicted octanol–water partition coefficient (Wildman–Crippen LogP) is 3.65. The summed E-state index contributed by atoms with van der Waals surface area (Å²) >= 11 is 0. The molecule has 0 aliphatic rings. The van der Waals surface area contributed by atoms with Crippen LogP contribution in [-0.4, -0.2) is 11.7 Å². The predicted molar refractivity (Wildman–Crippen MR) is 68.3 cm³/mol. The van der Waals surface area contributed by atoms with Crippen molar-refractivity contribution in [1.82, 2.24) is 5.32 Å². The number of amides is 1. The molecule has 0 saturated heterocycles. The van der Waals surface area contributed by atoms with Crippen molar-refractivity contribution in [3.05, 3.63) is 40.3 Å². The zero-order valence-electron chi connectivity index (χ0n) is 10.7. The standard InChI is InChI=1S/C12H16N4O2/c1-12(2,3)18-11(17)14-8-9-4-6-10(7-5-9)15-16-13/h4-7H,8H2,1-3H3,(H,14,17). The molecule has 1 aromatic carbocycles. The van der Waals surface area contributed by atoms with Crippen LogP contribution >= 0.6 is 0 Å². The van der Waals surface area contributed by atoms with Crippen LogP contribution < -0.4 is 5.32 Å². The number of hydrogen-bond acceptors (Lipinski definition) is 3. The van der Waals surface area contributed by atoms with Gasteiger partial charge >= 0.3 is 6.09 Å². The highest BCUT2D eigenvalue weighted by atomic mass is 16.6. The Labute approximate surface area is 106 Å². The molecule has 0 aliphatic carbocycles. The highest BCUT2D eigenvalue weighted by Gasteiger charge is 2.15. The second-order valence-corrected chi connectivity index (χ2v) is 4.71. The molecular weight excluding hydrogens is 232 g/mol. The van der Waals surface area contributed by atoms with Crippen LogP contribution in [0.4, 0.5) is 10.5 Å². The van der Waals surface area contributed by atoms with E-state index in [-0.39, 0.29) is 0 Å². The molecule has 0 unspecified atom stereocenters. The molecule has 1 aromatic rings. The number of rotatable bonds is 3. The fraction of sp³-hybridized carbons (Fsp3) is 0.417. The van der Waals surface area contributed by atoms with Crippen molar-refractivity contribution < 1.29 is 9.53 Å². The van der Waals surface area contributed by atoms with Gasteiger partial charge in [-0.25, -0.2) is 4.79 Å². The molecule has 96 valence electrons. The van der Waals surface area contributed by atoms with E-state index in [1.807, 2.05) is 0 Å². The molecule has 6 nitrogen and oxygen atoms in total. The zero-order chi connectivity index (χ0) is 13.6. The molecule has 0 bridgehead atoms. The van der Waals surface area contributed by atoms with Gasteiger partial charge in [0.25, 0.3) is 0 Å². The maximum absolute atomic E-state index is 11.4. The Morgan fingerprint density at radius 1 is 1.39 bits per heavy atom. The van der Waals surface area contributed by atoms with Gasteiger partial charge in [-0.05, 0) is 31.9 Å². The molecule has 1 amide bonds. The van der Waals surface area contributed by atoms with Gasteiger partial charge in [-0.1, -0.05) is 29.4 Å². The minimum absolute atomic E-state index is 0.367. The van der Waals surface area contributed by atoms with E-state index in [2.05, 4.69) is 15.3 Å². The number of carbonyl (C=O) groups is 1. The second-order valence-electron chi connectivity index (χ2n) is 4.71. The number of alkyl carbamates (subject to hydrolysis) is 1. The number of ether oxygens (including phenoxy) is 1. The number of benzene rings is 1. The Morgan fingerprint density at radius 3 is 2.50 bits per heavy atom. The highest BCUT2D eigenvalue weighted by Crippen LogP contribution is 2.13. The molecule has 0 heterocycles. The Kier molecular flexibility index (Phi) is 4.57. The van der Waals surface area contributed by atoms with E-state index >= 15 is 0 Å². The summed E-state index contributed by atoms with van der Waals surface area (Å²) in [6.45, 7) is 5.79. The normalized spacial score (nSPS) is 10.4. The van der Waals surface area contributed by atoms with E-state index in [1.165, 1.54) is 0 Å². The van der Waals surface area contributed by atoms with Crippen molar-refractivity contribution in [2.75, 3.05) is 0 Å². The lowest BCUT2D eigenvalue weighted by atomic mass is 10.2. The Hall–Kier alpha value is -2.20. The Bertz CT molecular complexity index is 456. The van der Waals surface area contributed by atoms with Gasteiger partial charge in [-0.15, -0.1) is 0 Å². The van der Waals surface area contributed by atoms with Crippen molar-refractivity contribution in [2.24, 2.45) is 5.11 Å². The smallest absolute Gasteiger partial charge is 0.407 e. The van der Waals surface area contributed by atoms with Crippen LogP contribution in [0.3, 0.4) is 0 Å². The lowest BCUT2D eigenvalue weighted by Gasteiger charge is -2.19. The lowest BCUT2D eigenvalue weighted by Crippen LogP contribution is -2.32. The van der Waals surface area contributed by atoms with Gasteiger partial charge in [0.2, 0.25) is 0 Å². The fourth-order valence-electron chi connectivity index (χ4n) is 1.22. The van der Waals surface area contributed by atoms with Crippen molar-refractivity contribution in [3.8, 4) is 0 Å². The first-order chi connectivity index (χ1) is 8.40. The number of hydrogen-bond donors (Lipinski definition) is 1. The van der Waals surface area contributed by atoms with Crippen LogP contribution in [0.5, 0.6) is 0 Å². The highest BCUT2D eigenvalue weighted by molar-refractivity contribution is 5.67. The quantitative estimate of drug-likeness (QED) is 0.502. The number of nitrogens with zero attached hydrogens (tertiary/aromatic N) is 3. The Morgan fingerprint density at radius 2 is 2.00 bits per heavy atom.